The maximum atomic E-state index is 5.92. The van der Waals surface area contributed by atoms with Crippen LogP contribution < -0.4 is 10.2 Å². The van der Waals surface area contributed by atoms with Gasteiger partial charge in [0.05, 0.1) is 17.4 Å². The van der Waals surface area contributed by atoms with E-state index in [0.717, 1.165) is 37.0 Å². The van der Waals surface area contributed by atoms with Crippen LogP contribution in [0.4, 0.5) is 5.13 Å². The summed E-state index contributed by atoms with van der Waals surface area (Å²) in [6.07, 6.45) is 0.259. The second kappa shape index (κ2) is 5.55. The van der Waals surface area contributed by atoms with Crippen LogP contribution in [0, 0.1) is 0 Å². The summed E-state index contributed by atoms with van der Waals surface area (Å²) in [6, 6.07) is 0. The minimum absolute atomic E-state index is 0.0921. The Labute approximate surface area is 113 Å². The van der Waals surface area contributed by atoms with Crippen LogP contribution in [-0.2, 0) is 11.3 Å². The fourth-order valence-corrected chi connectivity index (χ4v) is 3.21. The van der Waals surface area contributed by atoms with Crippen molar-refractivity contribution in [1.29, 1.82) is 0 Å². The van der Waals surface area contributed by atoms with Gasteiger partial charge in [0.25, 0.3) is 0 Å². The van der Waals surface area contributed by atoms with E-state index in [2.05, 4.69) is 43.3 Å². The minimum atomic E-state index is -0.0921. The van der Waals surface area contributed by atoms with Gasteiger partial charge in [-0.25, -0.2) is 4.98 Å². The van der Waals surface area contributed by atoms with Gasteiger partial charge < -0.3 is 15.0 Å². The molecule has 1 aromatic rings. The van der Waals surface area contributed by atoms with E-state index in [9.17, 15) is 0 Å². The molecule has 1 atom stereocenters. The highest BCUT2D eigenvalue weighted by atomic mass is 32.1. The summed E-state index contributed by atoms with van der Waals surface area (Å²) in [5, 5.41) is 6.57. The molecule has 0 aromatic carbocycles. The summed E-state index contributed by atoms with van der Waals surface area (Å²) >= 11 is 1.73. The van der Waals surface area contributed by atoms with Crippen molar-refractivity contribution < 1.29 is 4.74 Å². The van der Waals surface area contributed by atoms with Gasteiger partial charge in [-0.1, -0.05) is 6.92 Å². The first kappa shape index (κ1) is 13.8. The Morgan fingerprint density at radius 1 is 1.61 bits per heavy atom. The fourth-order valence-electron chi connectivity index (χ4n) is 2.38. The van der Waals surface area contributed by atoms with E-state index < -0.39 is 0 Å². The van der Waals surface area contributed by atoms with Gasteiger partial charge in [-0.2, -0.15) is 0 Å². The Hall–Kier alpha value is -0.650. The maximum Gasteiger partial charge on any atom is 0.185 e. The third-order valence-electron chi connectivity index (χ3n) is 2.94. The Morgan fingerprint density at radius 3 is 3.06 bits per heavy atom. The highest BCUT2D eigenvalue weighted by Crippen LogP contribution is 2.28. The summed E-state index contributed by atoms with van der Waals surface area (Å²) in [7, 11) is 0. The molecule has 0 amide bonds. The SMILES string of the molecule is CCNCc1csc(N2CC(C)OC(C)(C)C2)n1. The van der Waals surface area contributed by atoms with E-state index in [0.29, 0.717) is 0 Å². The quantitative estimate of drug-likeness (QED) is 0.910. The summed E-state index contributed by atoms with van der Waals surface area (Å²) in [4.78, 5) is 7.04. The van der Waals surface area contributed by atoms with Gasteiger partial charge in [0.1, 0.15) is 0 Å². The summed E-state index contributed by atoms with van der Waals surface area (Å²) in [5.41, 5.74) is 1.04. The molecule has 2 rings (SSSR count). The van der Waals surface area contributed by atoms with E-state index in [-0.39, 0.29) is 11.7 Å². The molecule has 0 radical (unpaired) electrons. The molecule has 0 spiro atoms. The van der Waals surface area contributed by atoms with Gasteiger partial charge >= 0.3 is 0 Å². The van der Waals surface area contributed by atoms with Gasteiger partial charge in [-0.3, -0.25) is 0 Å². The van der Waals surface area contributed by atoms with Gasteiger partial charge in [0.2, 0.25) is 0 Å². The predicted molar refractivity (Wildman–Crippen MR) is 76.3 cm³/mol. The van der Waals surface area contributed by atoms with Crippen molar-refractivity contribution in [3.63, 3.8) is 0 Å². The first-order valence-corrected chi connectivity index (χ1v) is 7.46. The number of rotatable bonds is 4. The minimum Gasteiger partial charge on any atom is -0.369 e. The molecule has 5 heteroatoms. The average Bonchev–Trinajstić information content (AvgIpc) is 2.72. The number of nitrogens with zero attached hydrogens (tertiary/aromatic N) is 2. The Morgan fingerprint density at radius 2 is 2.39 bits per heavy atom. The average molecular weight is 269 g/mol. The molecule has 1 N–H and O–H groups in total. The molecular formula is C13H23N3OS. The number of hydrogen-bond acceptors (Lipinski definition) is 5. The van der Waals surface area contributed by atoms with E-state index >= 15 is 0 Å². The molecule has 0 bridgehead atoms. The van der Waals surface area contributed by atoms with Crippen molar-refractivity contribution >= 4 is 16.5 Å². The predicted octanol–water partition coefficient (Wildman–Crippen LogP) is 2.26. The van der Waals surface area contributed by atoms with Crippen molar-refractivity contribution in [3.8, 4) is 0 Å². The molecule has 18 heavy (non-hydrogen) atoms. The lowest BCUT2D eigenvalue weighted by Gasteiger charge is -2.41. The molecule has 1 unspecified atom stereocenters. The summed E-state index contributed by atoms with van der Waals surface area (Å²) < 4.78 is 5.92. The number of aromatic nitrogens is 1. The second-order valence-corrected chi connectivity index (χ2v) is 6.31. The molecule has 1 aromatic heterocycles. The molecule has 0 saturated carbocycles. The molecule has 2 heterocycles. The second-order valence-electron chi connectivity index (χ2n) is 5.47. The Balaban J connectivity index is 2.04. The van der Waals surface area contributed by atoms with Gasteiger partial charge in [-0.05, 0) is 27.3 Å². The zero-order valence-electron chi connectivity index (χ0n) is 11.7. The van der Waals surface area contributed by atoms with Crippen molar-refractivity contribution in [1.82, 2.24) is 10.3 Å². The first-order valence-electron chi connectivity index (χ1n) is 6.58. The molecule has 4 nitrogen and oxygen atoms in total. The lowest BCUT2D eigenvalue weighted by atomic mass is 10.1. The monoisotopic (exact) mass is 269 g/mol. The largest absolute Gasteiger partial charge is 0.369 e. The lowest BCUT2D eigenvalue weighted by molar-refractivity contribution is -0.0749. The molecule has 1 aliphatic heterocycles. The van der Waals surface area contributed by atoms with E-state index in [1.807, 2.05) is 0 Å². The number of nitrogens with one attached hydrogen (secondary N) is 1. The van der Waals surface area contributed by atoms with Crippen LogP contribution in [-0.4, -0.2) is 36.3 Å². The zero-order chi connectivity index (χ0) is 13.2. The standard InChI is InChI=1S/C13H23N3OS/c1-5-14-6-11-8-18-12(15-11)16-7-10(2)17-13(3,4)9-16/h8,10,14H,5-7,9H2,1-4H3. The molecule has 1 saturated heterocycles. The normalized spacial score (nSPS) is 23.3. The van der Waals surface area contributed by atoms with Crippen LogP contribution in [0.5, 0.6) is 0 Å². The van der Waals surface area contributed by atoms with Crippen LogP contribution in [0.25, 0.3) is 0 Å². The van der Waals surface area contributed by atoms with Crippen molar-refractivity contribution in [2.24, 2.45) is 0 Å². The van der Waals surface area contributed by atoms with E-state index in [1.54, 1.807) is 11.3 Å². The van der Waals surface area contributed by atoms with Crippen LogP contribution in [0.15, 0.2) is 5.38 Å². The number of morpholine rings is 1. The van der Waals surface area contributed by atoms with Gasteiger partial charge in [0.15, 0.2) is 5.13 Å². The van der Waals surface area contributed by atoms with Gasteiger partial charge in [0, 0.05) is 25.0 Å². The highest BCUT2D eigenvalue weighted by molar-refractivity contribution is 7.13. The molecule has 0 aliphatic carbocycles. The number of ether oxygens (including phenoxy) is 1. The third kappa shape index (κ3) is 3.43. The van der Waals surface area contributed by atoms with Crippen molar-refractivity contribution in [2.75, 3.05) is 24.5 Å². The lowest BCUT2D eigenvalue weighted by Crippen LogP contribution is -2.52. The number of anilines is 1. The summed E-state index contributed by atoms with van der Waals surface area (Å²) in [5.74, 6) is 0. The summed E-state index contributed by atoms with van der Waals surface area (Å²) in [6.45, 7) is 12.2. The molecule has 1 fully saturated rings. The number of hydrogen-bond donors (Lipinski definition) is 1. The van der Waals surface area contributed by atoms with Crippen LogP contribution >= 0.6 is 11.3 Å². The van der Waals surface area contributed by atoms with Gasteiger partial charge in [-0.15, -0.1) is 11.3 Å². The Kier molecular flexibility index (Phi) is 4.25. The Bertz CT molecular complexity index is 391. The fraction of sp³-hybridized carbons (Fsp3) is 0.769. The van der Waals surface area contributed by atoms with Crippen molar-refractivity contribution in [2.45, 2.75) is 45.9 Å². The zero-order valence-corrected chi connectivity index (χ0v) is 12.5. The molecule has 1 aliphatic rings. The van der Waals surface area contributed by atoms with Crippen LogP contribution in [0.3, 0.4) is 0 Å². The highest BCUT2D eigenvalue weighted by Gasteiger charge is 2.32. The first-order chi connectivity index (χ1) is 8.50. The van der Waals surface area contributed by atoms with E-state index in [1.165, 1.54) is 0 Å². The topological polar surface area (TPSA) is 37.4 Å². The smallest absolute Gasteiger partial charge is 0.185 e. The molecular weight excluding hydrogens is 246 g/mol. The molecule has 102 valence electrons. The maximum absolute atomic E-state index is 5.92. The van der Waals surface area contributed by atoms with Crippen LogP contribution in [0.1, 0.15) is 33.4 Å². The third-order valence-corrected chi connectivity index (χ3v) is 3.89. The van der Waals surface area contributed by atoms with Crippen molar-refractivity contribution in [3.05, 3.63) is 11.1 Å². The van der Waals surface area contributed by atoms with Crippen LogP contribution in [0.2, 0.25) is 0 Å². The number of thiazole rings is 1. The van der Waals surface area contributed by atoms with E-state index in [4.69, 9.17) is 9.72 Å².